The van der Waals surface area contributed by atoms with Gasteiger partial charge in [0, 0.05) is 48.3 Å². The number of piperazine rings is 1. The molecular weight excluding hydrogens is 495 g/mol. The molecule has 0 radical (unpaired) electrons. The quantitative estimate of drug-likeness (QED) is 0.427. The zero-order valence-corrected chi connectivity index (χ0v) is 21.9. The Morgan fingerprint density at radius 2 is 1.74 bits per heavy atom. The van der Waals surface area contributed by atoms with Crippen molar-refractivity contribution in [1.29, 1.82) is 0 Å². The summed E-state index contributed by atoms with van der Waals surface area (Å²) in [6.45, 7) is 8.89. The molecule has 1 unspecified atom stereocenters. The second-order valence-electron chi connectivity index (χ2n) is 8.87. The van der Waals surface area contributed by atoms with E-state index in [9.17, 15) is 8.42 Å². The lowest BCUT2D eigenvalue weighted by molar-refractivity contribution is 0.263. The van der Waals surface area contributed by atoms with E-state index < -0.39 is 10.0 Å². The number of ether oxygens (including phenoxy) is 1. The van der Waals surface area contributed by atoms with Gasteiger partial charge in [0.1, 0.15) is 16.4 Å². The monoisotopic (exact) mass is 524 g/mol. The average Bonchev–Trinajstić information content (AvgIpc) is 2.72. The normalized spacial score (nSPS) is 19.9. The summed E-state index contributed by atoms with van der Waals surface area (Å²) in [6, 6.07) is 10.5. The topological polar surface area (TPSA) is 74.2 Å². The third-order valence-electron chi connectivity index (χ3n) is 6.02. The molecule has 0 bridgehead atoms. The first-order valence-corrected chi connectivity index (χ1v) is 13.6. The van der Waals surface area contributed by atoms with Crippen molar-refractivity contribution in [3.05, 3.63) is 52.0 Å². The molecule has 2 aliphatic heterocycles. The molecule has 1 N–H and O–H groups in total. The minimum absolute atomic E-state index is 0.148. The van der Waals surface area contributed by atoms with Gasteiger partial charge in [-0.1, -0.05) is 29.3 Å². The van der Waals surface area contributed by atoms with E-state index in [0.717, 1.165) is 24.4 Å². The van der Waals surface area contributed by atoms with E-state index in [-0.39, 0.29) is 22.7 Å². The van der Waals surface area contributed by atoms with Gasteiger partial charge in [-0.2, -0.15) is 4.31 Å². The number of aliphatic imine (C=N–C) groups is 1. The summed E-state index contributed by atoms with van der Waals surface area (Å²) in [5.74, 6) is 1.57. The number of hydrogen-bond donors (Lipinski definition) is 1. The van der Waals surface area contributed by atoms with Crippen LogP contribution in [0.2, 0.25) is 10.0 Å². The minimum Gasteiger partial charge on any atom is -0.456 e. The smallest absolute Gasteiger partial charge is 0.246 e. The van der Waals surface area contributed by atoms with Crippen LogP contribution in [0, 0.1) is 0 Å². The summed E-state index contributed by atoms with van der Waals surface area (Å²) >= 11 is 12.2. The van der Waals surface area contributed by atoms with Crippen LogP contribution in [0.15, 0.2) is 46.3 Å². The molecular formula is C24H30Cl2N4O3S. The Labute approximate surface area is 211 Å². The molecule has 34 heavy (non-hydrogen) atoms. The number of hydrogen-bond acceptors (Lipinski definition) is 5. The maximum atomic E-state index is 13.8. The van der Waals surface area contributed by atoms with Gasteiger partial charge < -0.3 is 15.0 Å². The third kappa shape index (κ3) is 5.69. The first kappa shape index (κ1) is 25.3. The largest absolute Gasteiger partial charge is 0.456 e. The van der Waals surface area contributed by atoms with Crippen molar-refractivity contribution in [3.63, 3.8) is 0 Å². The minimum atomic E-state index is -3.80. The highest BCUT2D eigenvalue weighted by molar-refractivity contribution is 7.89. The molecule has 2 aromatic rings. The Morgan fingerprint density at radius 1 is 1.09 bits per heavy atom. The van der Waals surface area contributed by atoms with Crippen LogP contribution < -0.4 is 10.1 Å². The standard InChI is InChI=1S/C24H30Cl2N4O3S/c1-16(2)28-17(3)29-8-10-30(11-9-29)34(31,32)24-12-18(22-6-7-27-22)4-5-23(24)33-21-14-19(25)13-20(26)15-21/h4-5,12-16,22,27H,6-11H2,1-3H3. The molecule has 7 nitrogen and oxygen atoms in total. The summed E-state index contributed by atoms with van der Waals surface area (Å²) in [5.41, 5.74) is 0.930. The Bertz CT molecular complexity index is 1150. The van der Waals surface area contributed by atoms with Gasteiger partial charge in [-0.25, -0.2) is 8.42 Å². The van der Waals surface area contributed by atoms with Gasteiger partial charge in [0.25, 0.3) is 0 Å². The van der Waals surface area contributed by atoms with E-state index in [4.69, 9.17) is 27.9 Å². The first-order valence-electron chi connectivity index (χ1n) is 11.4. The maximum Gasteiger partial charge on any atom is 0.246 e. The van der Waals surface area contributed by atoms with E-state index in [0.29, 0.717) is 42.0 Å². The van der Waals surface area contributed by atoms with Gasteiger partial charge in [0.2, 0.25) is 10.0 Å². The van der Waals surface area contributed by atoms with Crippen LogP contribution in [0.5, 0.6) is 11.5 Å². The highest BCUT2D eigenvalue weighted by Gasteiger charge is 2.33. The van der Waals surface area contributed by atoms with Crippen molar-refractivity contribution in [2.45, 2.75) is 44.2 Å². The summed E-state index contributed by atoms with van der Waals surface area (Å²) in [5, 5.41) is 4.16. The van der Waals surface area contributed by atoms with Crippen LogP contribution in [0.3, 0.4) is 0 Å². The molecule has 2 aromatic carbocycles. The molecule has 0 saturated carbocycles. The average molecular weight is 526 g/mol. The van der Waals surface area contributed by atoms with Crippen LogP contribution in [0.4, 0.5) is 0 Å². The lowest BCUT2D eigenvalue weighted by atomic mass is 9.98. The molecule has 4 rings (SSSR count). The summed E-state index contributed by atoms with van der Waals surface area (Å²) in [4.78, 5) is 6.87. The fourth-order valence-electron chi connectivity index (χ4n) is 4.16. The van der Waals surface area contributed by atoms with E-state index >= 15 is 0 Å². The maximum absolute atomic E-state index is 13.8. The highest BCUT2D eigenvalue weighted by Crippen LogP contribution is 2.36. The van der Waals surface area contributed by atoms with Crippen molar-refractivity contribution >= 4 is 39.1 Å². The summed E-state index contributed by atoms with van der Waals surface area (Å²) < 4.78 is 35.1. The van der Waals surface area contributed by atoms with Crippen molar-refractivity contribution in [2.75, 3.05) is 32.7 Å². The number of sulfonamides is 1. The van der Waals surface area contributed by atoms with E-state index in [1.165, 1.54) is 4.31 Å². The molecule has 0 aliphatic carbocycles. The molecule has 0 spiro atoms. The third-order valence-corrected chi connectivity index (χ3v) is 8.37. The zero-order valence-electron chi connectivity index (χ0n) is 19.6. The predicted molar refractivity (Wildman–Crippen MR) is 137 cm³/mol. The van der Waals surface area contributed by atoms with Gasteiger partial charge in [0.05, 0.1) is 5.84 Å². The van der Waals surface area contributed by atoms with Gasteiger partial charge >= 0.3 is 0 Å². The molecule has 2 heterocycles. The number of rotatable bonds is 6. The van der Waals surface area contributed by atoms with Crippen LogP contribution in [0.25, 0.3) is 0 Å². The van der Waals surface area contributed by atoms with Crippen molar-refractivity contribution in [2.24, 2.45) is 4.99 Å². The lowest BCUT2D eigenvalue weighted by Crippen LogP contribution is -2.50. The first-order chi connectivity index (χ1) is 16.1. The van der Waals surface area contributed by atoms with Gasteiger partial charge in [-0.05, 0) is 69.6 Å². The molecule has 1 atom stereocenters. The summed E-state index contributed by atoms with van der Waals surface area (Å²) in [6.07, 6.45) is 0.969. The molecule has 2 saturated heterocycles. The number of nitrogens with one attached hydrogen (secondary N) is 1. The molecule has 0 aromatic heterocycles. The Kier molecular flexibility index (Phi) is 7.74. The zero-order chi connectivity index (χ0) is 24.5. The van der Waals surface area contributed by atoms with Crippen molar-refractivity contribution < 1.29 is 13.2 Å². The van der Waals surface area contributed by atoms with Crippen molar-refractivity contribution in [3.8, 4) is 11.5 Å². The summed E-state index contributed by atoms with van der Waals surface area (Å²) in [7, 11) is -3.80. The number of amidine groups is 1. The van der Waals surface area contributed by atoms with Gasteiger partial charge in [-0.3, -0.25) is 4.99 Å². The fourth-order valence-corrected chi connectivity index (χ4v) is 6.24. The van der Waals surface area contributed by atoms with Crippen molar-refractivity contribution in [1.82, 2.24) is 14.5 Å². The van der Waals surface area contributed by atoms with E-state index in [1.807, 2.05) is 26.8 Å². The highest BCUT2D eigenvalue weighted by atomic mass is 35.5. The SMILES string of the molecule is CC(=NC(C)C)N1CCN(S(=O)(=O)c2cc(C3CCN3)ccc2Oc2cc(Cl)cc(Cl)c2)CC1. The van der Waals surface area contributed by atoms with Gasteiger partial charge in [-0.15, -0.1) is 0 Å². The molecule has 10 heteroatoms. The van der Waals surface area contributed by atoms with E-state index in [2.05, 4.69) is 15.2 Å². The fraction of sp³-hybridized carbons (Fsp3) is 0.458. The molecule has 0 amide bonds. The Balaban J connectivity index is 1.63. The molecule has 2 fully saturated rings. The van der Waals surface area contributed by atoms with Crippen LogP contribution in [-0.4, -0.2) is 62.2 Å². The molecule has 2 aliphatic rings. The number of benzene rings is 2. The Morgan fingerprint density at radius 3 is 2.29 bits per heavy atom. The second kappa shape index (κ2) is 10.4. The lowest BCUT2D eigenvalue weighted by Gasteiger charge is -2.35. The molecule has 184 valence electrons. The van der Waals surface area contributed by atoms with E-state index in [1.54, 1.807) is 30.3 Å². The number of halogens is 2. The Hall–Kier alpha value is -1.84. The second-order valence-corrected chi connectivity index (χ2v) is 11.6. The van der Waals surface area contributed by atoms with Gasteiger partial charge in [0.15, 0.2) is 0 Å². The van der Waals surface area contributed by atoms with Crippen LogP contribution in [0.1, 0.15) is 38.8 Å². The van der Waals surface area contributed by atoms with Crippen LogP contribution in [-0.2, 0) is 10.0 Å². The predicted octanol–water partition coefficient (Wildman–Crippen LogP) is 4.95. The number of nitrogens with zero attached hydrogens (tertiary/aromatic N) is 3. The van der Waals surface area contributed by atoms with Crippen LogP contribution >= 0.6 is 23.2 Å².